The number of carbonyl (C=O) groups excluding carboxylic acids is 1. The second-order valence-corrected chi connectivity index (χ2v) is 5.44. The van der Waals surface area contributed by atoms with Gasteiger partial charge in [-0.05, 0) is 36.1 Å². The fourth-order valence-corrected chi connectivity index (χ4v) is 2.37. The minimum absolute atomic E-state index is 0.0577. The highest BCUT2D eigenvalue weighted by Crippen LogP contribution is 2.18. The summed E-state index contributed by atoms with van der Waals surface area (Å²) in [4.78, 5) is 14.4. The lowest BCUT2D eigenvalue weighted by atomic mass is 10.0. The first-order valence-electron chi connectivity index (χ1n) is 7.48. The Kier molecular flexibility index (Phi) is 4.62. The maximum Gasteiger partial charge on any atom is 0.206 e. The van der Waals surface area contributed by atoms with Crippen LogP contribution in [0.2, 0.25) is 0 Å². The Morgan fingerprint density at radius 2 is 2.08 bits per heavy atom. The molecule has 7 heteroatoms. The third-order valence-corrected chi connectivity index (χ3v) is 3.71. The van der Waals surface area contributed by atoms with E-state index in [0.717, 1.165) is 23.1 Å². The molecule has 2 aromatic heterocycles. The molecule has 0 aliphatic heterocycles. The summed E-state index contributed by atoms with van der Waals surface area (Å²) in [5.41, 5.74) is 3.86. The molecule has 0 saturated carbocycles. The fraction of sp³-hybridized carbons (Fsp3) is 0.176. The van der Waals surface area contributed by atoms with Gasteiger partial charge in [-0.1, -0.05) is 35.6 Å². The van der Waals surface area contributed by atoms with Crippen molar-refractivity contribution in [3.05, 3.63) is 70.8 Å². The fourth-order valence-electron chi connectivity index (χ4n) is 2.37. The van der Waals surface area contributed by atoms with Crippen molar-refractivity contribution in [3.63, 3.8) is 0 Å². The summed E-state index contributed by atoms with van der Waals surface area (Å²) in [7, 11) is 0. The molecule has 3 N–H and O–H groups in total. The van der Waals surface area contributed by atoms with Crippen molar-refractivity contribution in [2.75, 3.05) is 0 Å². The van der Waals surface area contributed by atoms with Crippen LogP contribution in [0.3, 0.4) is 0 Å². The van der Waals surface area contributed by atoms with E-state index in [-0.39, 0.29) is 11.6 Å². The molecule has 1 atom stereocenters. The number of aliphatic hydroxyl groups is 1. The van der Waals surface area contributed by atoms with Crippen LogP contribution >= 0.6 is 0 Å². The third kappa shape index (κ3) is 3.64. The number of nitrogens with zero attached hydrogens (tertiary/aromatic N) is 3. The van der Waals surface area contributed by atoms with Crippen molar-refractivity contribution < 1.29 is 9.90 Å². The van der Waals surface area contributed by atoms with Gasteiger partial charge in [0.15, 0.2) is 5.78 Å². The van der Waals surface area contributed by atoms with Crippen molar-refractivity contribution in [3.8, 4) is 0 Å². The predicted molar refractivity (Wildman–Crippen MR) is 88.2 cm³/mol. The summed E-state index contributed by atoms with van der Waals surface area (Å²) >= 11 is 0. The molecular weight excluding hydrogens is 306 g/mol. The lowest BCUT2D eigenvalue weighted by Crippen LogP contribution is -1.96. The topological polar surface area (TPSA) is 108 Å². The lowest BCUT2D eigenvalue weighted by molar-refractivity contribution is 0.101. The molecule has 0 radical (unpaired) electrons. The standard InChI is InChI=1S/C17H17N5O2/c1-11(23)13-4-2-12(3-5-13)8-15-10-18-9-14(15)6-7-16(24)17-19-21-22-20-17/h2-7,9-10,16,18,24H,8H2,1H3,(H,19,20,21,22). The molecule has 0 aliphatic carbocycles. The zero-order valence-corrected chi connectivity index (χ0v) is 13.1. The van der Waals surface area contributed by atoms with Gasteiger partial charge in [-0.3, -0.25) is 4.79 Å². The molecule has 3 rings (SSSR count). The number of hydrogen-bond acceptors (Lipinski definition) is 5. The number of Topliss-reactive ketones (excluding diaryl/α,β-unsaturated/α-hetero) is 1. The Labute approximate surface area is 138 Å². The molecule has 0 aliphatic rings. The van der Waals surface area contributed by atoms with Crippen LogP contribution in [-0.2, 0) is 6.42 Å². The molecule has 0 bridgehead atoms. The molecule has 1 unspecified atom stereocenters. The van der Waals surface area contributed by atoms with Crippen molar-refractivity contribution in [2.45, 2.75) is 19.4 Å². The Balaban J connectivity index is 1.72. The van der Waals surface area contributed by atoms with Gasteiger partial charge in [-0.25, -0.2) is 0 Å². The zero-order chi connectivity index (χ0) is 16.9. The van der Waals surface area contributed by atoms with E-state index < -0.39 is 6.10 Å². The number of H-pyrrole nitrogens is 2. The van der Waals surface area contributed by atoms with Crippen molar-refractivity contribution >= 4 is 11.9 Å². The Hall–Kier alpha value is -3.06. The number of aromatic amines is 2. The van der Waals surface area contributed by atoms with Gasteiger partial charge >= 0.3 is 0 Å². The number of rotatable bonds is 6. The number of nitrogens with one attached hydrogen (secondary N) is 2. The summed E-state index contributed by atoms with van der Waals surface area (Å²) in [5.74, 6) is 0.283. The average Bonchev–Trinajstić information content (AvgIpc) is 3.25. The first-order chi connectivity index (χ1) is 11.6. The highest BCUT2D eigenvalue weighted by Gasteiger charge is 2.09. The van der Waals surface area contributed by atoms with E-state index in [0.29, 0.717) is 5.56 Å². The largest absolute Gasteiger partial charge is 0.381 e. The van der Waals surface area contributed by atoms with Crippen molar-refractivity contribution in [1.29, 1.82) is 0 Å². The van der Waals surface area contributed by atoms with Crippen LogP contribution < -0.4 is 0 Å². The molecule has 24 heavy (non-hydrogen) atoms. The van der Waals surface area contributed by atoms with Gasteiger partial charge in [0.25, 0.3) is 0 Å². The minimum atomic E-state index is -0.915. The van der Waals surface area contributed by atoms with Crippen molar-refractivity contribution in [2.24, 2.45) is 0 Å². The number of benzene rings is 1. The highest BCUT2D eigenvalue weighted by molar-refractivity contribution is 5.94. The molecule has 0 amide bonds. The van der Waals surface area contributed by atoms with Crippen LogP contribution in [0.25, 0.3) is 6.08 Å². The summed E-state index contributed by atoms with van der Waals surface area (Å²) in [6, 6.07) is 7.57. The molecule has 0 saturated heterocycles. The number of aliphatic hydroxyl groups excluding tert-OH is 1. The van der Waals surface area contributed by atoms with Gasteiger partial charge < -0.3 is 10.1 Å². The average molecular weight is 323 g/mol. The summed E-state index contributed by atoms with van der Waals surface area (Å²) < 4.78 is 0. The second-order valence-electron chi connectivity index (χ2n) is 5.44. The van der Waals surface area contributed by atoms with E-state index in [1.807, 2.05) is 42.7 Å². The monoisotopic (exact) mass is 323 g/mol. The van der Waals surface area contributed by atoms with Crippen LogP contribution in [-0.4, -0.2) is 36.5 Å². The van der Waals surface area contributed by atoms with E-state index in [9.17, 15) is 9.90 Å². The van der Waals surface area contributed by atoms with Gasteiger partial charge in [-0.15, -0.1) is 10.2 Å². The molecule has 2 heterocycles. The first-order valence-corrected chi connectivity index (χ1v) is 7.48. The van der Waals surface area contributed by atoms with Crippen LogP contribution in [0.15, 0.2) is 42.7 Å². The van der Waals surface area contributed by atoms with Crippen LogP contribution in [0.4, 0.5) is 0 Å². The second kappa shape index (κ2) is 7.01. The molecule has 0 fully saturated rings. The summed E-state index contributed by atoms with van der Waals surface area (Å²) in [5, 5.41) is 23.2. The van der Waals surface area contributed by atoms with E-state index >= 15 is 0 Å². The van der Waals surface area contributed by atoms with Gasteiger partial charge in [0, 0.05) is 18.0 Å². The summed E-state index contributed by atoms with van der Waals surface area (Å²) in [6.45, 7) is 1.55. The summed E-state index contributed by atoms with van der Waals surface area (Å²) in [6.07, 6.45) is 7.01. The number of tetrazole rings is 1. The van der Waals surface area contributed by atoms with Gasteiger partial charge in [0.1, 0.15) is 6.10 Å². The molecule has 7 nitrogen and oxygen atoms in total. The molecule has 122 valence electrons. The van der Waals surface area contributed by atoms with E-state index in [2.05, 4.69) is 25.6 Å². The number of carbonyl (C=O) groups is 1. The van der Waals surface area contributed by atoms with Gasteiger partial charge in [-0.2, -0.15) is 5.21 Å². The maximum atomic E-state index is 11.3. The van der Waals surface area contributed by atoms with E-state index in [1.165, 1.54) is 0 Å². The molecular formula is C17H17N5O2. The minimum Gasteiger partial charge on any atom is -0.381 e. The lowest BCUT2D eigenvalue weighted by Gasteiger charge is -2.03. The zero-order valence-electron chi connectivity index (χ0n) is 13.1. The quantitative estimate of drug-likeness (QED) is 0.602. The predicted octanol–water partition coefficient (Wildman–Crippen LogP) is 2.07. The Morgan fingerprint density at radius 1 is 1.29 bits per heavy atom. The highest BCUT2D eigenvalue weighted by atomic mass is 16.3. The van der Waals surface area contributed by atoms with Gasteiger partial charge in [0.05, 0.1) is 0 Å². The van der Waals surface area contributed by atoms with Crippen LogP contribution in [0.5, 0.6) is 0 Å². The smallest absolute Gasteiger partial charge is 0.206 e. The SMILES string of the molecule is CC(=O)c1ccc(Cc2c[nH]cc2C=CC(O)c2nn[nH]n2)cc1. The first kappa shape index (κ1) is 15.8. The number of hydrogen-bond donors (Lipinski definition) is 3. The van der Waals surface area contributed by atoms with E-state index in [4.69, 9.17) is 0 Å². The van der Waals surface area contributed by atoms with Crippen LogP contribution in [0.1, 0.15) is 45.9 Å². The third-order valence-electron chi connectivity index (χ3n) is 3.71. The van der Waals surface area contributed by atoms with Crippen LogP contribution in [0, 0.1) is 0 Å². The molecule has 0 spiro atoms. The maximum absolute atomic E-state index is 11.3. The normalized spacial score (nSPS) is 12.6. The van der Waals surface area contributed by atoms with E-state index in [1.54, 1.807) is 13.0 Å². The number of aromatic nitrogens is 5. The van der Waals surface area contributed by atoms with Gasteiger partial charge in [0.2, 0.25) is 5.82 Å². The molecule has 3 aromatic rings. The number of ketones is 1. The Morgan fingerprint density at radius 3 is 2.75 bits per heavy atom. The Bertz CT molecular complexity index is 834. The van der Waals surface area contributed by atoms with Crippen molar-refractivity contribution in [1.82, 2.24) is 25.6 Å². The molecule has 1 aromatic carbocycles.